The maximum atomic E-state index is 12.3. The molecule has 0 aromatic rings. The molecule has 0 bridgehead atoms. The zero-order chi connectivity index (χ0) is 10.6. The lowest BCUT2D eigenvalue weighted by molar-refractivity contribution is -0.149. The fourth-order valence-electron chi connectivity index (χ4n) is 1.87. The lowest BCUT2D eigenvalue weighted by Crippen LogP contribution is -2.26. The summed E-state index contributed by atoms with van der Waals surface area (Å²) in [6, 6.07) is 0. The number of esters is 1. The second kappa shape index (κ2) is 5.27. The molecule has 1 fully saturated rings. The molecule has 1 aliphatic rings. The minimum absolute atomic E-state index is 0.148. The van der Waals surface area contributed by atoms with Crippen molar-refractivity contribution in [2.24, 2.45) is 11.8 Å². The highest BCUT2D eigenvalue weighted by atomic mass is 19.3. The van der Waals surface area contributed by atoms with E-state index in [-0.39, 0.29) is 11.9 Å². The summed E-state index contributed by atoms with van der Waals surface area (Å²) in [5.41, 5.74) is 0. The molecule has 0 unspecified atom stereocenters. The van der Waals surface area contributed by atoms with E-state index in [9.17, 15) is 13.6 Å². The first-order chi connectivity index (χ1) is 6.65. The Morgan fingerprint density at radius 2 is 1.93 bits per heavy atom. The SMILES string of the molecule is CCOC(=O)[C@H]1CC[C@H](C(F)F)CC1. The van der Waals surface area contributed by atoms with Crippen LogP contribution in [0.2, 0.25) is 0 Å². The first-order valence-electron chi connectivity index (χ1n) is 5.10. The third kappa shape index (κ3) is 2.93. The standard InChI is InChI=1S/C10H16F2O2/c1-2-14-10(13)8-5-3-7(4-6-8)9(11)12/h7-9H,2-6H2,1H3/t7-,8-. The highest BCUT2D eigenvalue weighted by Crippen LogP contribution is 2.32. The Balaban J connectivity index is 2.31. The maximum absolute atomic E-state index is 12.3. The molecule has 0 saturated heterocycles. The van der Waals surface area contributed by atoms with Crippen LogP contribution in [0.5, 0.6) is 0 Å². The summed E-state index contributed by atoms with van der Waals surface area (Å²) in [6.07, 6.45) is -0.248. The van der Waals surface area contributed by atoms with Crippen molar-refractivity contribution in [1.29, 1.82) is 0 Å². The Bertz CT molecular complexity index is 187. The third-order valence-corrected chi connectivity index (χ3v) is 2.75. The Hall–Kier alpha value is -0.670. The lowest BCUT2D eigenvalue weighted by atomic mass is 9.82. The number of ether oxygens (including phenoxy) is 1. The molecular formula is C10H16F2O2. The van der Waals surface area contributed by atoms with Crippen molar-refractivity contribution in [1.82, 2.24) is 0 Å². The van der Waals surface area contributed by atoms with Gasteiger partial charge in [0.25, 0.3) is 0 Å². The quantitative estimate of drug-likeness (QED) is 0.663. The number of hydrogen-bond donors (Lipinski definition) is 0. The van der Waals surface area contributed by atoms with Crippen molar-refractivity contribution in [3.8, 4) is 0 Å². The molecule has 0 radical (unpaired) electrons. The molecule has 0 spiro atoms. The number of hydrogen-bond acceptors (Lipinski definition) is 2. The first-order valence-corrected chi connectivity index (χ1v) is 5.10. The maximum Gasteiger partial charge on any atom is 0.308 e. The van der Waals surface area contributed by atoms with Gasteiger partial charge in [-0.1, -0.05) is 0 Å². The topological polar surface area (TPSA) is 26.3 Å². The van der Waals surface area contributed by atoms with Crippen molar-refractivity contribution in [2.75, 3.05) is 6.61 Å². The van der Waals surface area contributed by atoms with E-state index in [1.54, 1.807) is 6.92 Å². The molecule has 1 rings (SSSR count). The molecule has 4 heteroatoms. The predicted molar refractivity (Wildman–Crippen MR) is 48.1 cm³/mol. The minimum Gasteiger partial charge on any atom is -0.466 e. The van der Waals surface area contributed by atoms with Crippen molar-refractivity contribution < 1.29 is 18.3 Å². The Labute approximate surface area is 82.6 Å². The van der Waals surface area contributed by atoms with Gasteiger partial charge < -0.3 is 4.74 Å². The van der Waals surface area contributed by atoms with Gasteiger partial charge in [-0.3, -0.25) is 4.79 Å². The first kappa shape index (κ1) is 11.4. The Kier molecular flexibility index (Phi) is 4.29. The van der Waals surface area contributed by atoms with Crippen molar-refractivity contribution >= 4 is 5.97 Å². The van der Waals surface area contributed by atoms with Gasteiger partial charge in [0.05, 0.1) is 12.5 Å². The largest absolute Gasteiger partial charge is 0.466 e. The molecular weight excluding hydrogens is 190 g/mol. The summed E-state index contributed by atoms with van der Waals surface area (Å²) in [5.74, 6) is -0.883. The number of carbonyl (C=O) groups is 1. The number of halogens is 2. The average molecular weight is 206 g/mol. The highest BCUT2D eigenvalue weighted by Gasteiger charge is 2.31. The molecule has 0 N–H and O–H groups in total. The van der Waals surface area contributed by atoms with Crippen LogP contribution in [0.3, 0.4) is 0 Å². The minimum atomic E-state index is -2.24. The number of alkyl halides is 2. The monoisotopic (exact) mass is 206 g/mol. The van der Waals surface area contributed by atoms with Crippen LogP contribution in [0.25, 0.3) is 0 Å². The van der Waals surface area contributed by atoms with E-state index in [0.717, 1.165) is 0 Å². The summed E-state index contributed by atoms with van der Waals surface area (Å²) in [4.78, 5) is 11.3. The molecule has 0 amide bonds. The normalized spacial score (nSPS) is 27.7. The molecule has 0 aliphatic heterocycles. The van der Waals surface area contributed by atoms with Gasteiger partial charge in [-0.05, 0) is 32.6 Å². The van der Waals surface area contributed by atoms with Crippen LogP contribution < -0.4 is 0 Å². The molecule has 0 aromatic carbocycles. The number of carbonyl (C=O) groups excluding carboxylic acids is 1. The van der Waals surface area contributed by atoms with Gasteiger partial charge in [-0.2, -0.15) is 0 Å². The molecule has 14 heavy (non-hydrogen) atoms. The van der Waals surface area contributed by atoms with Crippen LogP contribution in [0.1, 0.15) is 32.6 Å². The van der Waals surface area contributed by atoms with E-state index in [1.807, 2.05) is 0 Å². The fourth-order valence-corrected chi connectivity index (χ4v) is 1.87. The van der Waals surface area contributed by atoms with Crippen LogP contribution in [-0.4, -0.2) is 19.0 Å². The van der Waals surface area contributed by atoms with Crippen LogP contribution in [0.15, 0.2) is 0 Å². The van der Waals surface area contributed by atoms with Crippen molar-refractivity contribution in [3.63, 3.8) is 0 Å². The van der Waals surface area contributed by atoms with E-state index < -0.39 is 12.3 Å². The van der Waals surface area contributed by atoms with Crippen LogP contribution in [0, 0.1) is 11.8 Å². The van der Waals surface area contributed by atoms with Gasteiger partial charge in [0, 0.05) is 5.92 Å². The van der Waals surface area contributed by atoms with Gasteiger partial charge in [-0.25, -0.2) is 8.78 Å². The van der Waals surface area contributed by atoms with E-state index >= 15 is 0 Å². The highest BCUT2D eigenvalue weighted by molar-refractivity contribution is 5.72. The van der Waals surface area contributed by atoms with E-state index in [4.69, 9.17) is 4.74 Å². The second-order valence-corrected chi connectivity index (χ2v) is 3.70. The molecule has 0 aromatic heterocycles. The Morgan fingerprint density at radius 1 is 1.36 bits per heavy atom. The van der Waals surface area contributed by atoms with Crippen molar-refractivity contribution in [3.05, 3.63) is 0 Å². The summed E-state index contributed by atoms with van der Waals surface area (Å²) in [5, 5.41) is 0. The van der Waals surface area contributed by atoms with Crippen molar-refractivity contribution in [2.45, 2.75) is 39.0 Å². The average Bonchev–Trinajstić information content (AvgIpc) is 2.18. The van der Waals surface area contributed by atoms with E-state index in [2.05, 4.69) is 0 Å². The van der Waals surface area contributed by atoms with Crippen LogP contribution >= 0.6 is 0 Å². The summed E-state index contributed by atoms with van der Waals surface area (Å²) < 4.78 is 29.4. The molecule has 82 valence electrons. The van der Waals surface area contributed by atoms with Crippen LogP contribution in [-0.2, 0) is 9.53 Å². The van der Waals surface area contributed by atoms with Gasteiger partial charge in [0.2, 0.25) is 6.43 Å². The molecule has 1 saturated carbocycles. The van der Waals surface area contributed by atoms with Gasteiger partial charge in [-0.15, -0.1) is 0 Å². The smallest absolute Gasteiger partial charge is 0.308 e. The van der Waals surface area contributed by atoms with Crippen LogP contribution in [0.4, 0.5) is 8.78 Å². The summed E-state index contributed by atoms with van der Waals surface area (Å²) in [6.45, 7) is 2.12. The molecule has 1 aliphatic carbocycles. The third-order valence-electron chi connectivity index (χ3n) is 2.75. The lowest BCUT2D eigenvalue weighted by Gasteiger charge is -2.26. The summed E-state index contributed by atoms with van der Waals surface area (Å²) in [7, 11) is 0. The van der Waals surface area contributed by atoms with E-state index in [1.165, 1.54) is 0 Å². The van der Waals surface area contributed by atoms with Gasteiger partial charge in [0.15, 0.2) is 0 Å². The molecule has 0 heterocycles. The predicted octanol–water partition coefficient (Wildman–Crippen LogP) is 2.62. The van der Waals surface area contributed by atoms with E-state index in [0.29, 0.717) is 32.3 Å². The van der Waals surface area contributed by atoms with Gasteiger partial charge >= 0.3 is 5.97 Å². The Morgan fingerprint density at radius 3 is 2.36 bits per heavy atom. The molecule has 2 nitrogen and oxygen atoms in total. The van der Waals surface area contributed by atoms with Gasteiger partial charge in [0.1, 0.15) is 0 Å². The number of rotatable bonds is 3. The fraction of sp³-hybridized carbons (Fsp3) is 0.900. The summed E-state index contributed by atoms with van der Waals surface area (Å²) >= 11 is 0. The zero-order valence-corrected chi connectivity index (χ0v) is 8.34. The zero-order valence-electron chi connectivity index (χ0n) is 8.34. The molecule has 0 atom stereocenters. The second-order valence-electron chi connectivity index (χ2n) is 3.70.